The number of hydrogen-bond acceptors (Lipinski definition) is 2. The predicted molar refractivity (Wildman–Crippen MR) is 57.3 cm³/mol. The number of hydrogen-bond donors (Lipinski definition) is 1. The summed E-state index contributed by atoms with van der Waals surface area (Å²) in [7, 11) is 1.87. The van der Waals surface area contributed by atoms with Crippen LogP contribution in [0.5, 0.6) is 0 Å². The highest BCUT2D eigenvalue weighted by Gasteiger charge is 2.10. The number of aromatic nitrogens is 1. The van der Waals surface area contributed by atoms with Crippen molar-refractivity contribution in [2.75, 3.05) is 0 Å². The van der Waals surface area contributed by atoms with Crippen LogP contribution in [-0.2, 0) is 7.05 Å². The average molecular weight is 209 g/mol. The Labute approximate surface area is 86.2 Å². The first-order valence-corrected chi connectivity index (χ1v) is 4.54. The Kier molecular flexibility index (Phi) is 2.17. The zero-order chi connectivity index (χ0) is 10.1. The summed E-state index contributed by atoms with van der Waals surface area (Å²) >= 11 is 6.08. The van der Waals surface area contributed by atoms with Gasteiger partial charge in [0.2, 0.25) is 0 Å². The molecule has 0 atom stereocenters. The molecule has 0 bridgehead atoms. The van der Waals surface area contributed by atoms with Crippen LogP contribution in [0.25, 0.3) is 10.9 Å². The van der Waals surface area contributed by atoms with Crippen LogP contribution in [0.4, 0.5) is 0 Å². The van der Waals surface area contributed by atoms with E-state index in [1.165, 1.54) is 6.21 Å². The lowest BCUT2D eigenvalue weighted by Crippen LogP contribution is -1.86. The highest BCUT2D eigenvalue weighted by molar-refractivity contribution is 6.34. The molecule has 1 aromatic carbocycles. The predicted octanol–water partition coefficient (Wildman–Crippen LogP) is 2.64. The Hall–Kier alpha value is -1.48. The Morgan fingerprint density at radius 3 is 2.86 bits per heavy atom. The zero-order valence-corrected chi connectivity index (χ0v) is 8.36. The molecule has 0 saturated heterocycles. The summed E-state index contributed by atoms with van der Waals surface area (Å²) in [6, 6.07) is 7.78. The molecule has 0 saturated carbocycles. The van der Waals surface area contributed by atoms with Gasteiger partial charge in [0.15, 0.2) is 0 Å². The van der Waals surface area contributed by atoms with E-state index >= 15 is 0 Å². The second kappa shape index (κ2) is 3.35. The van der Waals surface area contributed by atoms with Crippen LogP contribution in [0.1, 0.15) is 5.56 Å². The van der Waals surface area contributed by atoms with Crippen LogP contribution in [0, 0.1) is 0 Å². The van der Waals surface area contributed by atoms with E-state index in [-0.39, 0.29) is 0 Å². The molecule has 4 heteroatoms. The van der Waals surface area contributed by atoms with Gasteiger partial charge in [-0.15, -0.1) is 0 Å². The molecule has 0 unspecified atom stereocenters. The molecule has 3 nitrogen and oxygen atoms in total. The lowest BCUT2D eigenvalue weighted by molar-refractivity contribution is 0.322. The molecular formula is C10H9ClN2O. The van der Waals surface area contributed by atoms with Crippen molar-refractivity contribution in [1.82, 2.24) is 4.57 Å². The third-order valence-electron chi connectivity index (χ3n) is 2.26. The van der Waals surface area contributed by atoms with Gasteiger partial charge in [-0.25, -0.2) is 0 Å². The third-order valence-corrected chi connectivity index (χ3v) is 2.72. The van der Waals surface area contributed by atoms with E-state index < -0.39 is 0 Å². The molecule has 0 aliphatic rings. The summed E-state index contributed by atoms with van der Waals surface area (Å²) in [5.74, 6) is 0. The lowest BCUT2D eigenvalue weighted by Gasteiger charge is -1.94. The first kappa shape index (κ1) is 9.09. The fourth-order valence-electron chi connectivity index (χ4n) is 1.57. The Bertz CT molecular complexity index is 502. The molecule has 14 heavy (non-hydrogen) atoms. The van der Waals surface area contributed by atoms with E-state index in [4.69, 9.17) is 16.8 Å². The van der Waals surface area contributed by atoms with Crippen molar-refractivity contribution < 1.29 is 5.21 Å². The van der Waals surface area contributed by atoms with E-state index in [9.17, 15) is 0 Å². The normalized spacial score (nSPS) is 11.6. The highest BCUT2D eigenvalue weighted by atomic mass is 35.5. The second-order valence-electron chi connectivity index (χ2n) is 3.03. The number of benzene rings is 1. The molecule has 1 N–H and O–H groups in total. The van der Waals surface area contributed by atoms with E-state index in [0.717, 1.165) is 16.5 Å². The van der Waals surface area contributed by atoms with Gasteiger partial charge in [-0.2, -0.15) is 0 Å². The molecule has 0 spiro atoms. The van der Waals surface area contributed by atoms with Crippen LogP contribution in [0.15, 0.2) is 29.4 Å². The summed E-state index contributed by atoms with van der Waals surface area (Å²) in [4.78, 5) is 0. The minimum Gasteiger partial charge on any atom is -0.411 e. The number of halogens is 1. The van der Waals surface area contributed by atoms with Gasteiger partial charge in [0.25, 0.3) is 0 Å². The van der Waals surface area contributed by atoms with E-state index in [1.54, 1.807) is 0 Å². The quantitative estimate of drug-likeness (QED) is 0.437. The molecule has 0 aliphatic heterocycles. The van der Waals surface area contributed by atoms with Crippen molar-refractivity contribution in [3.63, 3.8) is 0 Å². The molecular weight excluding hydrogens is 200 g/mol. The first-order valence-electron chi connectivity index (χ1n) is 4.16. The van der Waals surface area contributed by atoms with E-state index in [2.05, 4.69) is 5.16 Å². The average Bonchev–Trinajstić information content (AvgIpc) is 2.45. The third kappa shape index (κ3) is 1.17. The Balaban J connectivity index is 2.87. The Morgan fingerprint density at radius 2 is 2.14 bits per heavy atom. The van der Waals surface area contributed by atoms with Crippen molar-refractivity contribution >= 4 is 28.7 Å². The number of aryl methyl sites for hydroxylation is 1. The fraction of sp³-hybridized carbons (Fsp3) is 0.100. The zero-order valence-electron chi connectivity index (χ0n) is 7.61. The van der Waals surface area contributed by atoms with Crippen LogP contribution < -0.4 is 0 Å². The van der Waals surface area contributed by atoms with Gasteiger partial charge in [-0.1, -0.05) is 35.0 Å². The lowest BCUT2D eigenvalue weighted by atomic mass is 10.2. The van der Waals surface area contributed by atoms with E-state index in [0.29, 0.717) is 5.15 Å². The molecule has 2 rings (SSSR count). The number of fused-ring (bicyclic) bond motifs is 1. The van der Waals surface area contributed by atoms with Gasteiger partial charge < -0.3 is 9.77 Å². The van der Waals surface area contributed by atoms with Gasteiger partial charge >= 0.3 is 0 Å². The number of oxime groups is 1. The van der Waals surface area contributed by atoms with Crippen LogP contribution in [-0.4, -0.2) is 16.0 Å². The molecule has 72 valence electrons. The van der Waals surface area contributed by atoms with Crippen LogP contribution in [0.3, 0.4) is 0 Å². The van der Waals surface area contributed by atoms with Gasteiger partial charge in [0, 0.05) is 23.5 Å². The number of rotatable bonds is 1. The standard InChI is InChI=1S/C10H9ClN2O/c1-13-9-5-3-2-4-7(9)8(6-12-14)10(13)11/h2-6,14H,1H3. The Morgan fingerprint density at radius 1 is 1.43 bits per heavy atom. The second-order valence-corrected chi connectivity index (χ2v) is 3.38. The summed E-state index contributed by atoms with van der Waals surface area (Å²) in [5, 5.41) is 13.1. The topological polar surface area (TPSA) is 37.5 Å². The molecule has 0 fully saturated rings. The van der Waals surface area contributed by atoms with E-state index in [1.807, 2.05) is 35.9 Å². The van der Waals surface area contributed by atoms with Crippen LogP contribution >= 0.6 is 11.6 Å². The van der Waals surface area contributed by atoms with Crippen molar-refractivity contribution in [3.05, 3.63) is 35.0 Å². The molecule has 1 heterocycles. The van der Waals surface area contributed by atoms with Gasteiger partial charge in [0.05, 0.1) is 6.21 Å². The minimum absolute atomic E-state index is 0.573. The highest BCUT2D eigenvalue weighted by Crippen LogP contribution is 2.27. The first-order chi connectivity index (χ1) is 6.75. The smallest absolute Gasteiger partial charge is 0.118 e. The maximum absolute atomic E-state index is 8.51. The van der Waals surface area contributed by atoms with Gasteiger partial charge in [-0.3, -0.25) is 0 Å². The maximum Gasteiger partial charge on any atom is 0.118 e. The molecule has 0 amide bonds. The maximum atomic E-state index is 8.51. The molecule has 0 aliphatic carbocycles. The largest absolute Gasteiger partial charge is 0.411 e. The summed E-state index contributed by atoms with van der Waals surface area (Å²) in [6.45, 7) is 0. The molecule has 0 radical (unpaired) electrons. The van der Waals surface area contributed by atoms with Crippen molar-refractivity contribution in [3.8, 4) is 0 Å². The van der Waals surface area contributed by atoms with Gasteiger partial charge in [-0.05, 0) is 6.07 Å². The van der Waals surface area contributed by atoms with Crippen molar-refractivity contribution in [2.45, 2.75) is 0 Å². The van der Waals surface area contributed by atoms with Crippen LogP contribution in [0.2, 0.25) is 5.15 Å². The molecule has 2 aromatic rings. The summed E-state index contributed by atoms with van der Waals surface area (Å²) in [5.41, 5.74) is 1.76. The fourth-order valence-corrected chi connectivity index (χ4v) is 1.81. The number of para-hydroxylation sites is 1. The monoisotopic (exact) mass is 208 g/mol. The SMILES string of the molecule is Cn1c(Cl)c(C=NO)c2ccccc21. The van der Waals surface area contributed by atoms with Crippen molar-refractivity contribution in [1.29, 1.82) is 0 Å². The molecule has 1 aromatic heterocycles. The summed E-state index contributed by atoms with van der Waals surface area (Å²) in [6.07, 6.45) is 1.35. The van der Waals surface area contributed by atoms with Crippen molar-refractivity contribution in [2.24, 2.45) is 12.2 Å². The summed E-state index contributed by atoms with van der Waals surface area (Å²) < 4.78 is 1.86. The number of nitrogens with zero attached hydrogens (tertiary/aromatic N) is 2. The van der Waals surface area contributed by atoms with Gasteiger partial charge in [0.1, 0.15) is 5.15 Å². The minimum atomic E-state index is 0.573.